The number of hydrazine groups is 1. The smallest absolute Gasteiger partial charge is 0.221 e. The van der Waals surface area contributed by atoms with E-state index in [0.29, 0.717) is 13.0 Å². The van der Waals surface area contributed by atoms with Gasteiger partial charge in [-0.15, -0.1) is 0 Å². The Bertz CT molecular complexity index is 103. The number of hydrogen-bond donors (Lipinski definition) is 3. The first-order valence-electron chi connectivity index (χ1n) is 2.56. The lowest BCUT2D eigenvalue weighted by Gasteiger charge is -2.00. The molecule has 1 fully saturated rings. The molecule has 1 rings (SSSR count). The highest BCUT2D eigenvalue weighted by Gasteiger charge is 2.18. The summed E-state index contributed by atoms with van der Waals surface area (Å²) >= 11 is 0. The van der Waals surface area contributed by atoms with Gasteiger partial charge in [-0.1, -0.05) is 0 Å². The van der Waals surface area contributed by atoms with Crippen molar-refractivity contribution in [3.8, 4) is 0 Å². The standard InChI is InChI=1S/C4H9N3O/c5-7-3-1-4(8)6-2-3/h3,7H,1-2,5H2,(H,6,8)/t3-/m0/s1. The summed E-state index contributed by atoms with van der Waals surface area (Å²) in [7, 11) is 0. The second kappa shape index (κ2) is 2.11. The van der Waals surface area contributed by atoms with E-state index in [1.54, 1.807) is 0 Å². The topological polar surface area (TPSA) is 67.2 Å². The van der Waals surface area contributed by atoms with E-state index in [-0.39, 0.29) is 11.9 Å². The van der Waals surface area contributed by atoms with Crippen molar-refractivity contribution in [1.82, 2.24) is 10.7 Å². The third kappa shape index (κ3) is 0.962. The number of rotatable bonds is 1. The van der Waals surface area contributed by atoms with Gasteiger partial charge in [-0.3, -0.25) is 16.1 Å². The van der Waals surface area contributed by atoms with Crippen LogP contribution in [0.4, 0.5) is 0 Å². The van der Waals surface area contributed by atoms with Crippen molar-refractivity contribution in [2.24, 2.45) is 5.84 Å². The molecule has 1 aliphatic rings. The third-order valence-corrected chi connectivity index (χ3v) is 1.21. The first-order valence-corrected chi connectivity index (χ1v) is 2.56. The van der Waals surface area contributed by atoms with Gasteiger partial charge < -0.3 is 5.32 Å². The van der Waals surface area contributed by atoms with Crippen molar-refractivity contribution >= 4 is 5.91 Å². The van der Waals surface area contributed by atoms with Gasteiger partial charge in [0.2, 0.25) is 5.91 Å². The summed E-state index contributed by atoms with van der Waals surface area (Å²) in [6.45, 7) is 0.662. The third-order valence-electron chi connectivity index (χ3n) is 1.21. The van der Waals surface area contributed by atoms with E-state index >= 15 is 0 Å². The number of amides is 1. The fourth-order valence-corrected chi connectivity index (χ4v) is 0.723. The highest BCUT2D eigenvalue weighted by Crippen LogP contribution is 1.95. The molecule has 0 unspecified atom stereocenters. The molecular formula is C4H9N3O. The van der Waals surface area contributed by atoms with Crippen LogP contribution in [0.25, 0.3) is 0 Å². The monoisotopic (exact) mass is 115 g/mol. The van der Waals surface area contributed by atoms with Crippen molar-refractivity contribution in [2.45, 2.75) is 12.5 Å². The van der Waals surface area contributed by atoms with Gasteiger partial charge >= 0.3 is 0 Å². The summed E-state index contributed by atoms with van der Waals surface area (Å²) in [6.07, 6.45) is 0.510. The molecule has 1 heterocycles. The van der Waals surface area contributed by atoms with Gasteiger partial charge in [0.05, 0.1) is 0 Å². The van der Waals surface area contributed by atoms with E-state index in [9.17, 15) is 4.79 Å². The maximum absolute atomic E-state index is 10.4. The van der Waals surface area contributed by atoms with E-state index in [4.69, 9.17) is 5.84 Å². The maximum atomic E-state index is 10.4. The van der Waals surface area contributed by atoms with Crippen LogP contribution in [0.2, 0.25) is 0 Å². The first-order chi connectivity index (χ1) is 3.83. The number of nitrogens with two attached hydrogens (primary N) is 1. The van der Waals surface area contributed by atoms with Crippen LogP contribution in [-0.2, 0) is 4.79 Å². The maximum Gasteiger partial charge on any atom is 0.221 e. The van der Waals surface area contributed by atoms with Crippen LogP contribution < -0.4 is 16.6 Å². The quantitative estimate of drug-likeness (QED) is 0.283. The minimum Gasteiger partial charge on any atom is -0.354 e. The number of carbonyl (C=O) groups is 1. The molecule has 0 aliphatic carbocycles. The lowest BCUT2D eigenvalue weighted by molar-refractivity contribution is -0.119. The van der Waals surface area contributed by atoms with Gasteiger partial charge in [0.1, 0.15) is 0 Å². The molecule has 0 saturated carbocycles. The van der Waals surface area contributed by atoms with Gasteiger partial charge in [-0.05, 0) is 0 Å². The highest BCUT2D eigenvalue weighted by atomic mass is 16.1. The molecule has 0 aromatic carbocycles. The molecule has 8 heavy (non-hydrogen) atoms. The summed E-state index contributed by atoms with van der Waals surface area (Å²) in [4.78, 5) is 10.4. The molecule has 0 aromatic heterocycles. The predicted molar refractivity (Wildman–Crippen MR) is 28.7 cm³/mol. The Balaban J connectivity index is 2.32. The Kier molecular flexibility index (Phi) is 1.45. The van der Waals surface area contributed by atoms with Crippen LogP contribution >= 0.6 is 0 Å². The molecule has 4 N–H and O–H groups in total. The van der Waals surface area contributed by atoms with Gasteiger partial charge in [0.25, 0.3) is 0 Å². The second-order valence-corrected chi connectivity index (χ2v) is 1.87. The van der Waals surface area contributed by atoms with Gasteiger partial charge in [-0.2, -0.15) is 0 Å². The van der Waals surface area contributed by atoms with Crippen LogP contribution in [0.5, 0.6) is 0 Å². The molecule has 1 aliphatic heterocycles. The fourth-order valence-electron chi connectivity index (χ4n) is 0.723. The summed E-state index contributed by atoms with van der Waals surface area (Å²) in [5.74, 6) is 5.13. The highest BCUT2D eigenvalue weighted by molar-refractivity contribution is 5.78. The normalized spacial score (nSPS) is 28.1. The van der Waals surface area contributed by atoms with E-state index in [1.165, 1.54) is 0 Å². The fraction of sp³-hybridized carbons (Fsp3) is 0.750. The molecule has 4 nitrogen and oxygen atoms in total. The molecule has 1 saturated heterocycles. The van der Waals surface area contributed by atoms with E-state index in [1.807, 2.05) is 0 Å². The molecule has 0 bridgehead atoms. The molecule has 4 heteroatoms. The van der Waals surface area contributed by atoms with Gasteiger partial charge in [0, 0.05) is 19.0 Å². The van der Waals surface area contributed by atoms with Crippen LogP contribution in [0.3, 0.4) is 0 Å². The Hall–Kier alpha value is -0.610. The average Bonchev–Trinajstić information content (AvgIpc) is 2.14. The SMILES string of the molecule is NN[C@@H]1CNC(=O)C1. The summed E-state index contributed by atoms with van der Waals surface area (Å²) in [6, 6.07) is 0.141. The zero-order chi connectivity index (χ0) is 5.98. The van der Waals surface area contributed by atoms with Crippen LogP contribution in [0.1, 0.15) is 6.42 Å². The lowest BCUT2D eigenvalue weighted by atomic mass is 10.3. The zero-order valence-electron chi connectivity index (χ0n) is 4.48. The van der Waals surface area contributed by atoms with Gasteiger partial charge in [-0.25, -0.2) is 0 Å². The largest absolute Gasteiger partial charge is 0.354 e. The molecule has 0 radical (unpaired) electrons. The number of nitrogens with one attached hydrogen (secondary N) is 2. The number of carbonyl (C=O) groups excluding carboxylic acids is 1. The Morgan fingerprint density at radius 1 is 1.88 bits per heavy atom. The minimum absolute atomic E-state index is 0.0768. The van der Waals surface area contributed by atoms with E-state index < -0.39 is 0 Å². The number of hydrogen-bond acceptors (Lipinski definition) is 3. The van der Waals surface area contributed by atoms with E-state index in [2.05, 4.69) is 10.7 Å². The lowest BCUT2D eigenvalue weighted by Crippen LogP contribution is -2.36. The Morgan fingerprint density at radius 3 is 2.88 bits per heavy atom. The molecule has 1 atom stereocenters. The van der Waals surface area contributed by atoms with Crippen LogP contribution in [0.15, 0.2) is 0 Å². The van der Waals surface area contributed by atoms with Crippen molar-refractivity contribution in [3.63, 3.8) is 0 Å². The summed E-state index contributed by atoms with van der Waals surface area (Å²) in [5, 5.41) is 2.64. The van der Waals surface area contributed by atoms with Crippen molar-refractivity contribution in [2.75, 3.05) is 6.54 Å². The Morgan fingerprint density at radius 2 is 2.62 bits per heavy atom. The zero-order valence-corrected chi connectivity index (χ0v) is 4.48. The minimum atomic E-state index is 0.0768. The van der Waals surface area contributed by atoms with E-state index in [0.717, 1.165) is 0 Å². The summed E-state index contributed by atoms with van der Waals surface area (Å²) in [5.41, 5.74) is 2.51. The van der Waals surface area contributed by atoms with Crippen LogP contribution in [0, 0.1) is 0 Å². The molecule has 1 amide bonds. The molecule has 46 valence electrons. The molecule has 0 spiro atoms. The first kappa shape index (κ1) is 5.53. The second-order valence-electron chi connectivity index (χ2n) is 1.87. The summed E-state index contributed by atoms with van der Waals surface area (Å²) < 4.78 is 0. The van der Waals surface area contributed by atoms with Crippen molar-refractivity contribution < 1.29 is 4.79 Å². The van der Waals surface area contributed by atoms with Crippen molar-refractivity contribution in [3.05, 3.63) is 0 Å². The van der Waals surface area contributed by atoms with Crippen molar-refractivity contribution in [1.29, 1.82) is 0 Å². The molecule has 0 aromatic rings. The predicted octanol–water partition coefficient (Wildman–Crippen LogP) is -1.66. The molecular weight excluding hydrogens is 106 g/mol. The Labute approximate surface area is 47.4 Å². The van der Waals surface area contributed by atoms with Crippen LogP contribution in [-0.4, -0.2) is 18.5 Å². The van der Waals surface area contributed by atoms with Gasteiger partial charge in [0.15, 0.2) is 0 Å². The average molecular weight is 115 g/mol.